The zero-order valence-electron chi connectivity index (χ0n) is 9.43. The van der Waals surface area contributed by atoms with Gasteiger partial charge in [0.1, 0.15) is 0 Å². The Balaban J connectivity index is 1.65. The zero-order chi connectivity index (χ0) is 10.7. The van der Waals surface area contributed by atoms with Gasteiger partial charge >= 0.3 is 0 Å². The normalized spacial score (nSPS) is 24.1. The van der Waals surface area contributed by atoms with Gasteiger partial charge in [0.2, 0.25) is 5.91 Å². The Hall–Kier alpha value is -0.570. The average Bonchev–Trinajstić information content (AvgIpc) is 2.10. The van der Waals surface area contributed by atoms with E-state index in [9.17, 15) is 4.79 Å². The third kappa shape index (κ3) is 2.51. The van der Waals surface area contributed by atoms with Crippen LogP contribution < -0.4 is 11.1 Å². The van der Waals surface area contributed by atoms with Gasteiger partial charge in [0.15, 0.2) is 0 Å². The molecule has 0 aromatic heterocycles. The first-order chi connectivity index (χ1) is 7.24. The average molecular weight is 210 g/mol. The van der Waals surface area contributed by atoms with Crippen molar-refractivity contribution in [2.45, 2.75) is 44.9 Å². The molecule has 0 radical (unpaired) electrons. The summed E-state index contributed by atoms with van der Waals surface area (Å²) in [5.41, 5.74) is 5.99. The van der Waals surface area contributed by atoms with Crippen molar-refractivity contribution in [2.75, 3.05) is 13.1 Å². The van der Waals surface area contributed by atoms with E-state index in [1.54, 1.807) is 0 Å². The Labute approximate surface area is 91.8 Å². The fraction of sp³-hybridized carbons (Fsp3) is 0.917. The molecule has 0 aromatic carbocycles. The molecule has 2 aliphatic carbocycles. The first kappa shape index (κ1) is 10.9. The van der Waals surface area contributed by atoms with E-state index in [0.29, 0.717) is 5.92 Å². The van der Waals surface area contributed by atoms with Crippen molar-refractivity contribution >= 4 is 5.91 Å². The number of nitrogens with two attached hydrogens (primary N) is 1. The third-order valence-electron chi connectivity index (χ3n) is 4.21. The monoisotopic (exact) mass is 210 g/mol. The first-order valence-corrected chi connectivity index (χ1v) is 6.21. The van der Waals surface area contributed by atoms with E-state index in [1.807, 2.05) is 0 Å². The van der Waals surface area contributed by atoms with Crippen molar-refractivity contribution in [3.05, 3.63) is 0 Å². The fourth-order valence-electron chi connectivity index (χ4n) is 2.45. The van der Waals surface area contributed by atoms with E-state index in [4.69, 9.17) is 5.73 Å². The molecule has 0 unspecified atom stereocenters. The van der Waals surface area contributed by atoms with Crippen LogP contribution in [0.3, 0.4) is 0 Å². The predicted octanol–water partition coefficient (Wildman–Crippen LogP) is 1.42. The molecule has 3 nitrogen and oxygen atoms in total. The second-order valence-electron chi connectivity index (χ2n) is 5.34. The smallest absolute Gasteiger partial charge is 0.220 e. The number of hydrogen-bond acceptors (Lipinski definition) is 2. The van der Waals surface area contributed by atoms with Crippen LogP contribution in [0.5, 0.6) is 0 Å². The van der Waals surface area contributed by atoms with E-state index in [-0.39, 0.29) is 11.3 Å². The van der Waals surface area contributed by atoms with Crippen LogP contribution in [0, 0.1) is 11.3 Å². The van der Waals surface area contributed by atoms with E-state index in [2.05, 4.69) is 5.32 Å². The molecule has 0 atom stereocenters. The van der Waals surface area contributed by atoms with Crippen LogP contribution in [-0.4, -0.2) is 19.0 Å². The van der Waals surface area contributed by atoms with Gasteiger partial charge in [0.25, 0.3) is 0 Å². The van der Waals surface area contributed by atoms with Crippen LogP contribution in [0.25, 0.3) is 0 Å². The molecule has 0 aromatic rings. The molecule has 0 heterocycles. The summed E-state index contributed by atoms with van der Waals surface area (Å²) in [5.74, 6) is 0.902. The Morgan fingerprint density at radius 3 is 2.47 bits per heavy atom. The molecule has 3 heteroatoms. The summed E-state index contributed by atoms with van der Waals surface area (Å²) in [6, 6.07) is 0. The lowest BCUT2D eigenvalue weighted by molar-refractivity contribution is -0.123. The quantitative estimate of drug-likeness (QED) is 0.721. The maximum atomic E-state index is 11.6. The van der Waals surface area contributed by atoms with Crippen LogP contribution in [0.1, 0.15) is 44.9 Å². The standard InChI is InChI=1S/C12H22N2O/c13-8-12(5-2-6-12)9-14-11(15)7-10-3-1-4-10/h10H,1-9,13H2,(H,14,15). The molecule has 3 N–H and O–H groups in total. The highest BCUT2D eigenvalue weighted by atomic mass is 16.1. The summed E-state index contributed by atoms with van der Waals surface area (Å²) in [6.07, 6.45) is 8.19. The molecule has 1 amide bonds. The lowest BCUT2D eigenvalue weighted by Gasteiger charge is -2.41. The summed E-state index contributed by atoms with van der Waals surface area (Å²) < 4.78 is 0. The molecule has 2 fully saturated rings. The van der Waals surface area contributed by atoms with E-state index < -0.39 is 0 Å². The van der Waals surface area contributed by atoms with Gasteiger partial charge in [-0.25, -0.2) is 0 Å². The van der Waals surface area contributed by atoms with Gasteiger partial charge in [-0.1, -0.05) is 12.8 Å². The second kappa shape index (κ2) is 4.52. The van der Waals surface area contributed by atoms with E-state index >= 15 is 0 Å². The maximum absolute atomic E-state index is 11.6. The minimum atomic E-state index is 0.236. The molecule has 15 heavy (non-hydrogen) atoms. The molecule has 0 bridgehead atoms. The summed E-state index contributed by atoms with van der Waals surface area (Å²) in [7, 11) is 0. The number of hydrogen-bond donors (Lipinski definition) is 2. The summed E-state index contributed by atoms with van der Waals surface area (Å²) in [5, 5.41) is 3.06. The van der Waals surface area contributed by atoms with Crippen molar-refractivity contribution in [3.63, 3.8) is 0 Å². The number of carbonyl (C=O) groups is 1. The van der Waals surface area contributed by atoms with Crippen molar-refractivity contribution in [2.24, 2.45) is 17.1 Å². The minimum Gasteiger partial charge on any atom is -0.355 e. The lowest BCUT2D eigenvalue weighted by atomic mass is 9.69. The second-order valence-corrected chi connectivity index (χ2v) is 5.34. The number of rotatable bonds is 5. The topological polar surface area (TPSA) is 55.1 Å². The van der Waals surface area contributed by atoms with Gasteiger partial charge in [-0.05, 0) is 43.6 Å². The van der Waals surface area contributed by atoms with Crippen LogP contribution in [-0.2, 0) is 4.79 Å². The number of carbonyl (C=O) groups excluding carboxylic acids is 1. The van der Waals surface area contributed by atoms with Crippen LogP contribution in [0.4, 0.5) is 0 Å². The Kier molecular flexibility index (Phi) is 3.29. The fourth-order valence-corrected chi connectivity index (χ4v) is 2.45. The molecule has 2 aliphatic rings. The van der Waals surface area contributed by atoms with Gasteiger partial charge in [0, 0.05) is 13.0 Å². The summed E-state index contributed by atoms with van der Waals surface area (Å²) in [6.45, 7) is 1.52. The highest BCUT2D eigenvalue weighted by Gasteiger charge is 2.35. The highest BCUT2D eigenvalue weighted by molar-refractivity contribution is 5.76. The molecule has 2 saturated carbocycles. The molecule has 0 spiro atoms. The predicted molar refractivity (Wildman–Crippen MR) is 60.3 cm³/mol. The zero-order valence-corrected chi connectivity index (χ0v) is 9.43. The SMILES string of the molecule is NCC1(CNC(=O)CC2CCC2)CCC1. The Morgan fingerprint density at radius 2 is 2.07 bits per heavy atom. The molecule has 86 valence electrons. The highest BCUT2D eigenvalue weighted by Crippen LogP contribution is 2.39. The third-order valence-corrected chi connectivity index (χ3v) is 4.21. The number of amides is 1. The molecule has 0 aliphatic heterocycles. The van der Waals surface area contributed by atoms with Gasteiger partial charge < -0.3 is 11.1 Å². The van der Waals surface area contributed by atoms with Crippen molar-refractivity contribution in [1.82, 2.24) is 5.32 Å². The Morgan fingerprint density at radius 1 is 1.33 bits per heavy atom. The van der Waals surface area contributed by atoms with E-state index in [1.165, 1.54) is 38.5 Å². The lowest BCUT2D eigenvalue weighted by Crippen LogP contribution is -2.47. The Bertz CT molecular complexity index is 226. The van der Waals surface area contributed by atoms with Crippen LogP contribution in [0.2, 0.25) is 0 Å². The van der Waals surface area contributed by atoms with Crippen molar-refractivity contribution < 1.29 is 4.79 Å². The van der Waals surface area contributed by atoms with Gasteiger partial charge in [0.05, 0.1) is 0 Å². The minimum absolute atomic E-state index is 0.236. The largest absolute Gasteiger partial charge is 0.355 e. The molecular formula is C12H22N2O. The number of nitrogens with one attached hydrogen (secondary N) is 1. The maximum Gasteiger partial charge on any atom is 0.220 e. The van der Waals surface area contributed by atoms with Crippen LogP contribution in [0.15, 0.2) is 0 Å². The summed E-state index contributed by atoms with van der Waals surface area (Å²) in [4.78, 5) is 11.6. The van der Waals surface area contributed by atoms with Crippen molar-refractivity contribution in [1.29, 1.82) is 0 Å². The van der Waals surface area contributed by atoms with Gasteiger partial charge in [-0.2, -0.15) is 0 Å². The van der Waals surface area contributed by atoms with Gasteiger partial charge in [-0.15, -0.1) is 0 Å². The van der Waals surface area contributed by atoms with E-state index in [0.717, 1.165) is 19.5 Å². The molecule has 0 saturated heterocycles. The first-order valence-electron chi connectivity index (χ1n) is 6.21. The van der Waals surface area contributed by atoms with Crippen LogP contribution >= 0.6 is 0 Å². The molecule has 2 rings (SSSR count). The van der Waals surface area contributed by atoms with Gasteiger partial charge in [-0.3, -0.25) is 4.79 Å². The van der Waals surface area contributed by atoms with Crippen molar-refractivity contribution in [3.8, 4) is 0 Å². The molecular weight excluding hydrogens is 188 g/mol. The summed E-state index contributed by atoms with van der Waals surface area (Å²) >= 11 is 0.